The molecule has 0 N–H and O–H groups in total. The van der Waals surface area contributed by atoms with Crippen molar-refractivity contribution in [2.75, 3.05) is 0 Å². The van der Waals surface area contributed by atoms with E-state index in [1.807, 2.05) is 42.5 Å². The molecular weight excluding hydrogens is 340 g/mol. The van der Waals surface area contributed by atoms with Crippen LogP contribution in [0.25, 0.3) is 0 Å². The molecule has 4 rings (SSSR count). The smallest absolute Gasteiger partial charge is 0.193 e. The van der Waals surface area contributed by atoms with Crippen molar-refractivity contribution in [3.05, 3.63) is 107 Å². The zero-order valence-corrected chi connectivity index (χ0v) is 16.4. The molecule has 1 unspecified atom stereocenters. The van der Waals surface area contributed by atoms with E-state index >= 15 is 0 Å². The largest absolute Gasteiger partial charge is 0.289 e. The van der Waals surface area contributed by atoms with Crippen LogP contribution in [0.3, 0.4) is 0 Å². The molecule has 0 saturated heterocycles. The Labute approximate surface area is 168 Å². The van der Waals surface area contributed by atoms with E-state index in [9.17, 15) is 4.79 Å². The average Bonchev–Trinajstić information content (AvgIpc) is 3.05. The van der Waals surface area contributed by atoms with E-state index in [1.54, 1.807) is 0 Å². The first-order valence-electron chi connectivity index (χ1n) is 10.6. The van der Waals surface area contributed by atoms with Gasteiger partial charge in [-0.3, -0.25) is 4.79 Å². The molecule has 3 aromatic carbocycles. The van der Waals surface area contributed by atoms with Gasteiger partial charge in [-0.1, -0.05) is 111 Å². The van der Waals surface area contributed by atoms with Gasteiger partial charge in [0.15, 0.2) is 5.78 Å². The molecule has 0 aliphatic heterocycles. The summed E-state index contributed by atoms with van der Waals surface area (Å²) in [6, 6.07) is 28.8. The Hall–Kier alpha value is -2.67. The summed E-state index contributed by atoms with van der Waals surface area (Å²) in [7, 11) is 0. The molecule has 1 aliphatic rings. The molecule has 0 aromatic heterocycles. The van der Waals surface area contributed by atoms with Crippen molar-refractivity contribution in [2.45, 2.75) is 44.4 Å². The van der Waals surface area contributed by atoms with Gasteiger partial charge in [-0.25, -0.2) is 0 Å². The maximum atomic E-state index is 13.4. The average molecular weight is 369 g/mol. The van der Waals surface area contributed by atoms with Gasteiger partial charge < -0.3 is 0 Å². The molecular formula is C27H28O. The third-order valence-corrected chi connectivity index (χ3v) is 6.11. The highest BCUT2D eigenvalue weighted by Gasteiger charge is 2.29. The van der Waals surface area contributed by atoms with Gasteiger partial charge >= 0.3 is 0 Å². The van der Waals surface area contributed by atoms with Gasteiger partial charge in [-0.2, -0.15) is 0 Å². The predicted octanol–water partition coefficient (Wildman–Crippen LogP) is 7.02. The molecule has 1 nitrogen and oxygen atoms in total. The molecule has 28 heavy (non-hydrogen) atoms. The van der Waals surface area contributed by atoms with Crippen molar-refractivity contribution in [3.8, 4) is 0 Å². The molecule has 1 fully saturated rings. The number of benzene rings is 3. The van der Waals surface area contributed by atoms with Crippen molar-refractivity contribution in [3.63, 3.8) is 0 Å². The van der Waals surface area contributed by atoms with Crippen molar-refractivity contribution >= 4 is 5.78 Å². The van der Waals surface area contributed by atoms with Crippen LogP contribution in [0, 0.1) is 5.92 Å². The minimum atomic E-state index is 0.130. The Morgan fingerprint density at radius 1 is 0.679 bits per heavy atom. The minimum Gasteiger partial charge on any atom is -0.289 e. The molecule has 0 spiro atoms. The van der Waals surface area contributed by atoms with Crippen LogP contribution in [0.2, 0.25) is 0 Å². The van der Waals surface area contributed by atoms with E-state index in [0.29, 0.717) is 5.92 Å². The second kappa shape index (κ2) is 9.01. The van der Waals surface area contributed by atoms with Gasteiger partial charge in [0.1, 0.15) is 0 Å². The fourth-order valence-electron chi connectivity index (χ4n) is 4.73. The van der Waals surface area contributed by atoms with Gasteiger partial charge in [0.05, 0.1) is 0 Å². The van der Waals surface area contributed by atoms with E-state index in [1.165, 1.54) is 49.7 Å². The number of hydrogen-bond acceptors (Lipinski definition) is 1. The van der Waals surface area contributed by atoms with Gasteiger partial charge in [-0.15, -0.1) is 0 Å². The van der Waals surface area contributed by atoms with Crippen LogP contribution in [0.4, 0.5) is 0 Å². The molecule has 0 amide bonds. The Morgan fingerprint density at radius 3 is 1.93 bits per heavy atom. The van der Waals surface area contributed by atoms with E-state index in [4.69, 9.17) is 0 Å². The summed E-state index contributed by atoms with van der Waals surface area (Å²) in [6.07, 6.45) is 7.75. The number of hydrogen-bond donors (Lipinski definition) is 0. The van der Waals surface area contributed by atoms with Gasteiger partial charge in [0, 0.05) is 17.0 Å². The normalized spacial score (nSPS) is 16.3. The topological polar surface area (TPSA) is 17.1 Å². The molecule has 1 aliphatic carbocycles. The second-order valence-electron chi connectivity index (χ2n) is 7.92. The summed E-state index contributed by atoms with van der Waals surface area (Å²) < 4.78 is 0. The van der Waals surface area contributed by atoms with Crippen LogP contribution in [0.15, 0.2) is 84.9 Å². The SMILES string of the molecule is O=C(c1ccccc1)c1ccccc1C(c1ccccc1)C1CCCCCC1. The lowest BCUT2D eigenvalue weighted by Gasteiger charge is -2.29. The van der Waals surface area contributed by atoms with Crippen molar-refractivity contribution < 1.29 is 4.79 Å². The Kier molecular flexibility index (Phi) is 6.01. The third kappa shape index (κ3) is 4.09. The highest BCUT2D eigenvalue weighted by Crippen LogP contribution is 2.41. The Balaban J connectivity index is 1.80. The minimum absolute atomic E-state index is 0.130. The van der Waals surface area contributed by atoms with Gasteiger partial charge in [-0.05, 0) is 29.9 Å². The third-order valence-electron chi connectivity index (χ3n) is 6.11. The van der Waals surface area contributed by atoms with Crippen molar-refractivity contribution in [2.24, 2.45) is 5.92 Å². The maximum absolute atomic E-state index is 13.4. The van der Waals surface area contributed by atoms with Crippen LogP contribution in [0.1, 0.15) is 71.5 Å². The Bertz CT molecular complexity index is 890. The fraction of sp³-hybridized carbons (Fsp3) is 0.296. The molecule has 142 valence electrons. The quantitative estimate of drug-likeness (QED) is 0.349. The summed E-state index contributed by atoms with van der Waals surface area (Å²) in [5.74, 6) is 1.00. The molecule has 0 radical (unpaired) electrons. The van der Waals surface area contributed by atoms with Crippen molar-refractivity contribution in [1.82, 2.24) is 0 Å². The molecule has 1 saturated carbocycles. The van der Waals surface area contributed by atoms with Crippen LogP contribution in [-0.4, -0.2) is 5.78 Å². The lowest BCUT2D eigenvalue weighted by atomic mass is 9.75. The molecule has 0 bridgehead atoms. The van der Waals surface area contributed by atoms with Crippen LogP contribution in [0.5, 0.6) is 0 Å². The lowest BCUT2D eigenvalue weighted by molar-refractivity contribution is 0.103. The Morgan fingerprint density at radius 2 is 1.25 bits per heavy atom. The molecule has 1 atom stereocenters. The van der Waals surface area contributed by atoms with Crippen LogP contribution < -0.4 is 0 Å². The standard InChI is InChI=1S/C27H28O/c28-27(23-17-9-4-10-18-23)25-20-12-11-19-24(25)26(22-15-7-3-8-16-22)21-13-5-1-2-6-14-21/h3-4,7-12,15-21,26H,1-2,5-6,13-14H2. The highest BCUT2D eigenvalue weighted by atomic mass is 16.1. The summed E-state index contributed by atoms with van der Waals surface area (Å²) in [5, 5.41) is 0. The van der Waals surface area contributed by atoms with Crippen LogP contribution >= 0.6 is 0 Å². The fourth-order valence-corrected chi connectivity index (χ4v) is 4.73. The number of carbonyl (C=O) groups excluding carboxylic acids is 1. The highest BCUT2D eigenvalue weighted by molar-refractivity contribution is 6.10. The predicted molar refractivity (Wildman–Crippen MR) is 116 cm³/mol. The van der Waals surface area contributed by atoms with E-state index in [0.717, 1.165) is 11.1 Å². The first-order valence-corrected chi connectivity index (χ1v) is 10.6. The van der Waals surface area contributed by atoms with Gasteiger partial charge in [0.25, 0.3) is 0 Å². The lowest BCUT2D eigenvalue weighted by Crippen LogP contribution is -2.18. The van der Waals surface area contributed by atoms with E-state index < -0.39 is 0 Å². The van der Waals surface area contributed by atoms with Gasteiger partial charge in [0.2, 0.25) is 0 Å². The molecule has 3 aromatic rings. The molecule has 0 heterocycles. The van der Waals surface area contributed by atoms with Crippen LogP contribution in [-0.2, 0) is 0 Å². The van der Waals surface area contributed by atoms with E-state index in [-0.39, 0.29) is 11.7 Å². The number of ketones is 1. The summed E-state index contributed by atoms with van der Waals surface area (Å²) >= 11 is 0. The summed E-state index contributed by atoms with van der Waals surface area (Å²) in [5.41, 5.74) is 4.14. The summed E-state index contributed by atoms with van der Waals surface area (Å²) in [4.78, 5) is 13.4. The number of carbonyl (C=O) groups is 1. The second-order valence-corrected chi connectivity index (χ2v) is 7.92. The monoisotopic (exact) mass is 368 g/mol. The molecule has 1 heteroatoms. The maximum Gasteiger partial charge on any atom is 0.193 e. The number of rotatable bonds is 5. The first kappa shape index (κ1) is 18.7. The first-order chi connectivity index (χ1) is 13.8. The summed E-state index contributed by atoms with van der Waals surface area (Å²) in [6.45, 7) is 0. The van der Waals surface area contributed by atoms with E-state index in [2.05, 4.69) is 42.5 Å². The van der Waals surface area contributed by atoms with Crippen molar-refractivity contribution in [1.29, 1.82) is 0 Å². The zero-order valence-electron chi connectivity index (χ0n) is 16.4. The zero-order chi connectivity index (χ0) is 19.2.